The SMILES string of the molecule is COCC(=O)N1CCC[C@@H](c2cnc(Nc3nccs3)cn2)C1. The number of anilines is 2. The van der Waals surface area contributed by atoms with E-state index in [4.69, 9.17) is 4.74 Å². The summed E-state index contributed by atoms with van der Waals surface area (Å²) in [5.41, 5.74) is 0.921. The molecule has 1 aliphatic rings. The first-order chi connectivity index (χ1) is 11.3. The number of methoxy groups -OCH3 is 1. The molecule has 1 saturated heterocycles. The van der Waals surface area contributed by atoms with E-state index in [1.807, 2.05) is 10.3 Å². The van der Waals surface area contributed by atoms with Gasteiger partial charge in [0.1, 0.15) is 6.61 Å². The van der Waals surface area contributed by atoms with E-state index in [1.54, 1.807) is 25.7 Å². The van der Waals surface area contributed by atoms with Gasteiger partial charge in [-0.15, -0.1) is 11.3 Å². The second-order valence-electron chi connectivity index (χ2n) is 5.40. The van der Waals surface area contributed by atoms with Crippen molar-refractivity contribution >= 4 is 28.2 Å². The Hall–Kier alpha value is -2.06. The van der Waals surface area contributed by atoms with Gasteiger partial charge in [0, 0.05) is 37.7 Å². The lowest BCUT2D eigenvalue weighted by molar-refractivity contribution is -0.136. The standard InChI is InChI=1S/C15H19N5O2S/c1-22-10-14(21)20-5-2-3-11(9-20)12-7-18-13(8-17-12)19-15-16-4-6-23-15/h4,6-8,11H,2-3,5,9-10H2,1H3,(H,16,18,19)/t11-/m1/s1. The van der Waals surface area contributed by atoms with Crippen LogP contribution in [0.4, 0.5) is 10.9 Å². The van der Waals surface area contributed by atoms with Gasteiger partial charge in [0.15, 0.2) is 10.9 Å². The Kier molecular flexibility index (Phi) is 5.14. The minimum Gasteiger partial charge on any atom is -0.375 e. The first-order valence-corrected chi connectivity index (χ1v) is 8.39. The van der Waals surface area contributed by atoms with Gasteiger partial charge in [-0.25, -0.2) is 9.97 Å². The van der Waals surface area contributed by atoms with Crippen LogP contribution >= 0.6 is 11.3 Å². The maximum atomic E-state index is 12.0. The first kappa shape index (κ1) is 15.8. The molecule has 2 aromatic rings. The fourth-order valence-electron chi connectivity index (χ4n) is 2.67. The Balaban J connectivity index is 1.63. The molecule has 23 heavy (non-hydrogen) atoms. The van der Waals surface area contributed by atoms with E-state index < -0.39 is 0 Å². The summed E-state index contributed by atoms with van der Waals surface area (Å²) in [5, 5.41) is 5.80. The highest BCUT2D eigenvalue weighted by Gasteiger charge is 2.25. The van der Waals surface area contributed by atoms with Crippen LogP contribution in [0.15, 0.2) is 24.0 Å². The number of amides is 1. The molecular formula is C15H19N5O2S. The second kappa shape index (κ2) is 7.47. The number of rotatable bonds is 5. The molecule has 1 fully saturated rings. The van der Waals surface area contributed by atoms with E-state index in [0.29, 0.717) is 12.4 Å². The van der Waals surface area contributed by atoms with Crippen LogP contribution in [0.1, 0.15) is 24.5 Å². The Morgan fingerprint density at radius 1 is 1.43 bits per heavy atom. The molecule has 3 rings (SSSR count). The van der Waals surface area contributed by atoms with Crippen LogP contribution in [-0.4, -0.2) is 52.6 Å². The van der Waals surface area contributed by atoms with E-state index in [2.05, 4.69) is 20.3 Å². The molecular weight excluding hydrogens is 314 g/mol. The fraction of sp³-hybridized carbons (Fsp3) is 0.467. The molecule has 8 heteroatoms. The van der Waals surface area contributed by atoms with E-state index in [0.717, 1.165) is 30.2 Å². The summed E-state index contributed by atoms with van der Waals surface area (Å²) < 4.78 is 4.93. The molecule has 3 heterocycles. The lowest BCUT2D eigenvalue weighted by Gasteiger charge is -2.32. The zero-order valence-electron chi connectivity index (χ0n) is 12.9. The molecule has 122 valence electrons. The number of nitrogens with zero attached hydrogens (tertiary/aromatic N) is 4. The van der Waals surface area contributed by atoms with E-state index in [-0.39, 0.29) is 18.4 Å². The Bertz CT molecular complexity index is 632. The van der Waals surface area contributed by atoms with Crippen molar-refractivity contribution < 1.29 is 9.53 Å². The predicted octanol–water partition coefficient (Wildman–Crippen LogP) is 2.03. The van der Waals surface area contributed by atoms with Crippen LogP contribution in [-0.2, 0) is 9.53 Å². The molecule has 0 bridgehead atoms. The summed E-state index contributed by atoms with van der Waals surface area (Å²) in [4.78, 5) is 26.9. The number of hydrogen-bond donors (Lipinski definition) is 1. The van der Waals surface area contributed by atoms with Crippen molar-refractivity contribution in [2.75, 3.05) is 32.1 Å². The van der Waals surface area contributed by atoms with Crippen molar-refractivity contribution in [3.63, 3.8) is 0 Å². The number of carbonyl (C=O) groups is 1. The maximum Gasteiger partial charge on any atom is 0.248 e. The summed E-state index contributed by atoms with van der Waals surface area (Å²) in [5.74, 6) is 0.935. The average molecular weight is 333 g/mol. The number of hydrogen-bond acceptors (Lipinski definition) is 7. The molecule has 1 amide bonds. The highest BCUT2D eigenvalue weighted by atomic mass is 32.1. The van der Waals surface area contributed by atoms with Crippen LogP contribution in [0.5, 0.6) is 0 Å². The smallest absolute Gasteiger partial charge is 0.248 e. The number of ether oxygens (including phenoxy) is 1. The van der Waals surface area contributed by atoms with Gasteiger partial charge in [-0.1, -0.05) is 0 Å². The molecule has 0 spiro atoms. The van der Waals surface area contributed by atoms with Gasteiger partial charge >= 0.3 is 0 Å². The van der Waals surface area contributed by atoms with Gasteiger partial charge in [0.05, 0.1) is 18.1 Å². The van der Waals surface area contributed by atoms with E-state index in [1.165, 1.54) is 11.3 Å². The number of likely N-dealkylation sites (tertiary alicyclic amines) is 1. The molecule has 0 aromatic carbocycles. The Labute approximate surface area is 138 Å². The molecule has 0 saturated carbocycles. The van der Waals surface area contributed by atoms with Crippen LogP contribution in [0.3, 0.4) is 0 Å². The zero-order valence-corrected chi connectivity index (χ0v) is 13.8. The quantitative estimate of drug-likeness (QED) is 0.902. The number of nitrogens with one attached hydrogen (secondary N) is 1. The zero-order chi connectivity index (χ0) is 16.1. The number of piperidine rings is 1. The van der Waals surface area contributed by atoms with E-state index in [9.17, 15) is 4.79 Å². The molecule has 0 radical (unpaired) electrons. The largest absolute Gasteiger partial charge is 0.375 e. The third-order valence-electron chi connectivity index (χ3n) is 3.80. The van der Waals surface area contributed by atoms with Crippen LogP contribution in [0.2, 0.25) is 0 Å². The second-order valence-corrected chi connectivity index (χ2v) is 6.30. The third kappa shape index (κ3) is 4.02. The topological polar surface area (TPSA) is 80.2 Å². The molecule has 7 nitrogen and oxygen atoms in total. The molecule has 0 aliphatic carbocycles. The summed E-state index contributed by atoms with van der Waals surface area (Å²) in [6.07, 6.45) is 7.23. The lowest BCUT2D eigenvalue weighted by Crippen LogP contribution is -2.41. The van der Waals surface area contributed by atoms with Crippen molar-refractivity contribution in [3.8, 4) is 0 Å². The van der Waals surface area contributed by atoms with Gasteiger partial charge in [-0.05, 0) is 12.8 Å². The Morgan fingerprint density at radius 3 is 3.04 bits per heavy atom. The number of aromatic nitrogens is 3. The highest BCUT2D eigenvalue weighted by Crippen LogP contribution is 2.26. The summed E-state index contributed by atoms with van der Waals surface area (Å²) in [7, 11) is 1.54. The minimum atomic E-state index is 0.0345. The molecule has 1 atom stereocenters. The van der Waals surface area contributed by atoms with Gasteiger partial charge in [0.25, 0.3) is 0 Å². The van der Waals surface area contributed by atoms with Crippen molar-refractivity contribution in [2.45, 2.75) is 18.8 Å². The van der Waals surface area contributed by atoms with Crippen molar-refractivity contribution in [1.82, 2.24) is 19.9 Å². The van der Waals surface area contributed by atoms with Crippen LogP contribution < -0.4 is 5.32 Å². The molecule has 2 aromatic heterocycles. The number of thiazole rings is 1. The third-order valence-corrected chi connectivity index (χ3v) is 4.49. The van der Waals surface area contributed by atoms with Crippen molar-refractivity contribution in [1.29, 1.82) is 0 Å². The van der Waals surface area contributed by atoms with Gasteiger partial charge < -0.3 is 15.0 Å². The van der Waals surface area contributed by atoms with Crippen molar-refractivity contribution in [2.24, 2.45) is 0 Å². The summed E-state index contributed by atoms with van der Waals surface area (Å²) >= 11 is 1.51. The first-order valence-electron chi connectivity index (χ1n) is 7.51. The normalized spacial score (nSPS) is 18.0. The predicted molar refractivity (Wildman–Crippen MR) is 87.9 cm³/mol. The van der Waals surface area contributed by atoms with Gasteiger partial charge in [0.2, 0.25) is 5.91 Å². The number of carbonyl (C=O) groups excluding carboxylic acids is 1. The fourth-order valence-corrected chi connectivity index (χ4v) is 3.20. The van der Waals surface area contributed by atoms with Crippen molar-refractivity contribution in [3.05, 3.63) is 29.7 Å². The summed E-state index contributed by atoms with van der Waals surface area (Å²) in [6, 6.07) is 0. The lowest BCUT2D eigenvalue weighted by atomic mass is 9.95. The Morgan fingerprint density at radius 2 is 2.35 bits per heavy atom. The molecule has 1 N–H and O–H groups in total. The average Bonchev–Trinajstić information content (AvgIpc) is 3.09. The van der Waals surface area contributed by atoms with Gasteiger partial charge in [-0.2, -0.15) is 0 Å². The monoisotopic (exact) mass is 333 g/mol. The molecule has 0 unspecified atom stereocenters. The minimum absolute atomic E-state index is 0.0345. The molecule has 1 aliphatic heterocycles. The summed E-state index contributed by atoms with van der Waals surface area (Å²) in [6.45, 7) is 1.60. The van der Waals surface area contributed by atoms with Crippen LogP contribution in [0, 0.1) is 0 Å². The van der Waals surface area contributed by atoms with Gasteiger partial charge in [-0.3, -0.25) is 9.78 Å². The van der Waals surface area contributed by atoms with Crippen LogP contribution in [0.25, 0.3) is 0 Å². The maximum absolute atomic E-state index is 12.0. The highest BCUT2D eigenvalue weighted by molar-refractivity contribution is 7.13. The van der Waals surface area contributed by atoms with E-state index >= 15 is 0 Å².